The number of fused-ring (bicyclic) bond motifs is 2. The number of aromatic nitrogens is 4. The van der Waals surface area contributed by atoms with Crippen LogP contribution in [0.25, 0.3) is 21.1 Å². The van der Waals surface area contributed by atoms with Crippen molar-refractivity contribution in [3.63, 3.8) is 0 Å². The van der Waals surface area contributed by atoms with Gasteiger partial charge in [0.05, 0.1) is 28.0 Å². The first-order valence-corrected chi connectivity index (χ1v) is 10.7. The van der Waals surface area contributed by atoms with Crippen molar-refractivity contribution in [1.29, 1.82) is 0 Å². The van der Waals surface area contributed by atoms with Gasteiger partial charge in [-0.2, -0.15) is 5.10 Å². The predicted molar refractivity (Wildman–Crippen MR) is 123 cm³/mol. The maximum atomic E-state index is 12.9. The van der Waals surface area contributed by atoms with E-state index in [1.165, 1.54) is 17.7 Å². The molecular weight excluding hydrogens is 434 g/mol. The standard InChI is InChI=1S/C22H16ClN5O2S/c1-13-17-10-19(31-22(17)27(25-13)11-14-6-8-15(23)9-7-14)20(29)26-28-12-24-18-5-3-2-4-16(18)21(28)30/h2-10,12H,11H2,1H3,(H,26,29). The number of benzene rings is 2. The number of rotatable bonds is 4. The molecule has 0 saturated heterocycles. The van der Waals surface area contributed by atoms with Crippen LogP contribution >= 0.6 is 22.9 Å². The monoisotopic (exact) mass is 449 g/mol. The molecule has 5 rings (SSSR count). The average Bonchev–Trinajstić information content (AvgIpc) is 3.33. The lowest BCUT2D eigenvalue weighted by atomic mass is 10.2. The molecule has 0 fully saturated rings. The molecule has 154 valence electrons. The Morgan fingerprint density at radius 3 is 2.71 bits per heavy atom. The van der Waals surface area contributed by atoms with Gasteiger partial charge in [-0.3, -0.25) is 19.7 Å². The van der Waals surface area contributed by atoms with E-state index in [0.29, 0.717) is 27.3 Å². The molecule has 0 saturated carbocycles. The number of carbonyl (C=O) groups is 1. The van der Waals surface area contributed by atoms with Gasteiger partial charge in [0.1, 0.15) is 11.2 Å². The van der Waals surface area contributed by atoms with Crippen LogP contribution in [-0.2, 0) is 6.54 Å². The molecule has 9 heteroatoms. The predicted octanol–water partition coefficient (Wildman–Crippen LogP) is 4.20. The average molecular weight is 450 g/mol. The molecule has 0 aliphatic carbocycles. The molecule has 2 aromatic carbocycles. The number of amides is 1. The summed E-state index contributed by atoms with van der Waals surface area (Å²) in [6.07, 6.45) is 1.32. The van der Waals surface area contributed by atoms with Crippen LogP contribution in [0.15, 0.2) is 65.7 Å². The van der Waals surface area contributed by atoms with Crippen molar-refractivity contribution >= 4 is 50.0 Å². The second kappa shape index (κ2) is 7.64. The van der Waals surface area contributed by atoms with Gasteiger partial charge in [-0.15, -0.1) is 11.3 Å². The van der Waals surface area contributed by atoms with E-state index < -0.39 is 0 Å². The van der Waals surface area contributed by atoms with E-state index in [1.54, 1.807) is 24.3 Å². The first kappa shape index (κ1) is 19.5. The summed E-state index contributed by atoms with van der Waals surface area (Å²) in [5.41, 5.74) is 4.78. The summed E-state index contributed by atoms with van der Waals surface area (Å²) in [5, 5.41) is 6.63. The Labute approximate surface area is 185 Å². The van der Waals surface area contributed by atoms with Crippen molar-refractivity contribution in [1.82, 2.24) is 19.4 Å². The Morgan fingerprint density at radius 2 is 1.90 bits per heavy atom. The van der Waals surface area contributed by atoms with Crippen molar-refractivity contribution in [3.05, 3.63) is 92.4 Å². The first-order valence-electron chi connectivity index (χ1n) is 9.49. The summed E-state index contributed by atoms with van der Waals surface area (Å²) in [6, 6.07) is 16.4. The third-order valence-corrected chi connectivity index (χ3v) is 6.36. The van der Waals surface area contributed by atoms with Crippen LogP contribution in [0.3, 0.4) is 0 Å². The third kappa shape index (κ3) is 3.60. The Balaban J connectivity index is 1.45. The summed E-state index contributed by atoms with van der Waals surface area (Å²) in [6.45, 7) is 2.48. The molecular formula is C22H16ClN5O2S. The molecule has 7 nitrogen and oxygen atoms in total. The van der Waals surface area contributed by atoms with Gasteiger partial charge in [0, 0.05) is 10.4 Å². The molecule has 0 aliphatic heterocycles. The summed E-state index contributed by atoms with van der Waals surface area (Å²) >= 11 is 7.30. The molecule has 3 aromatic heterocycles. The summed E-state index contributed by atoms with van der Waals surface area (Å²) in [5.74, 6) is -0.377. The van der Waals surface area contributed by atoms with Gasteiger partial charge in [0.15, 0.2) is 0 Å². The Morgan fingerprint density at radius 1 is 1.13 bits per heavy atom. The number of halogens is 1. The number of hydrogen-bond donors (Lipinski definition) is 1. The second-order valence-electron chi connectivity index (χ2n) is 7.08. The maximum Gasteiger partial charge on any atom is 0.280 e. The first-order chi connectivity index (χ1) is 15.0. The molecule has 0 atom stereocenters. The van der Waals surface area contributed by atoms with Gasteiger partial charge in [0.2, 0.25) is 0 Å². The summed E-state index contributed by atoms with van der Waals surface area (Å²) < 4.78 is 2.99. The lowest BCUT2D eigenvalue weighted by molar-refractivity contribution is 0.101. The minimum absolute atomic E-state index is 0.329. The highest BCUT2D eigenvalue weighted by Gasteiger charge is 2.17. The molecule has 3 heterocycles. The van der Waals surface area contributed by atoms with Crippen LogP contribution in [-0.4, -0.2) is 25.3 Å². The molecule has 0 aliphatic rings. The SMILES string of the molecule is Cc1nn(Cc2ccc(Cl)cc2)c2sc(C(=O)Nn3cnc4ccccc4c3=O)cc12. The number of thiophene rings is 1. The topological polar surface area (TPSA) is 81.8 Å². The summed E-state index contributed by atoms with van der Waals surface area (Å²) in [4.78, 5) is 31.1. The number of hydrogen-bond acceptors (Lipinski definition) is 5. The van der Waals surface area contributed by atoms with E-state index in [0.717, 1.165) is 26.2 Å². The van der Waals surface area contributed by atoms with Gasteiger partial charge in [-0.05, 0) is 42.8 Å². The van der Waals surface area contributed by atoms with Crippen molar-refractivity contribution in [3.8, 4) is 0 Å². The lowest BCUT2D eigenvalue weighted by Crippen LogP contribution is -2.32. The number of aryl methyl sites for hydroxylation is 1. The fraction of sp³-hybridized carbons (Fsp3) is 0.0909. The van der Waals surface area contributed by atoms with E-state index >= 15 is 0 Å². The number of nitrogens with zero attached hydrogens (tertiary/aromatic N) is 4. The van der Waals surface area contributed by atoms with Crippen LogP contribution in [0, 0.1) is 6.92 Å². The fourth-order valence-corrected chi connectivity index (χ4v) is 4.58. The van der Waals surface area contributed by atoms with Crippen molar-refractivity contribution in [2.45, 2.75) is 13.5 Å². The molecule has 0 unspecified atom stereocenters. The van der Waals surface area contributed by atoms with Gasteiger partial charge in [-0.1, -0.05) is 35.9 Å². The number of nitrogens with one attached hydrogen (secondary N) is 1. The fourth-order valence-electron chi connectivity index (χ4n) is 3.41. The Hall–Kier alpha value is -3.49. The molecule has 0 spiro atoms. The number of carbonyl (C=O) groups excluding carboxylic acids is 1. The normalized spacial score (nSPS) is 11.3. The molecule has 31 heavy (non-hydrogen) atoms. The zero-order chi connectivity index (χ0) is 21.5. The minimum atomic E-state index is -0.377. The summed E-state index contributed by atoms with van der Waals surface area (Å²) in [7, 11) is 0. The number of para-hydroxylation sites is 1. The van der Waals surface area contributed by atoms with E-state index in [2.05, 4.69) is 15.5 Å². The molecule has 0 bridgehead atoms. The van der Waals surface area contributed by atoms with E-state index in [-0.39, 0.29) is 11.5 Å². The zero-order valence-corrected chi connectivity index (χ0v) is 17.9. The molecule has 0 radical (unpaired) electrons. The third-order valence-electron chi connectivity index (χ3n) is 4.96. The quantitative estimate of drug-likeness (QED) is 0.445. The minimum Gasteiger partial charge on any atom is -0.267 e. The smallest absolute Gasteiger partial charge is 0.267 e. The van der Waals surface area contributed by atoms with Crippen molar-refractivity contribution in [2.75, 3.05) is 5.43 Å². The van der Waals surface area contributed by atoms with Gasteiger partial charge in [-0.25, -0.2) is 9.66 Å². The lowest BCUT2D eigenvalue weighted by Gasteiger charge is -2.07. The van der Waals surface area contributed by atoms with Crippen LogP contribution in [0.4, 0.5) is 0 Å². The van der Waals surface area contributed by atoms with Crippen LogP contribution < -0.4 is 11.0 Å². The molecule has 5 aromatic rings. The van der Waals surface area contributed by atoms with Gasteiger partial charge < -0.3 is 0 Å². The maximum absolute atomic E-state index is 12.9. The molecule has 1 N–H and O–H groups in total. The van der Waals surface area contributed by atoms with Crippen LogP contribution in [0.5, 0.6) is 0 Å². The van der Waals surface area contributed by atoms with Gasteiger partial charge >= 0.3 is 0 Å². The Bertz CT molecular complexity index is 1500. The highest BCUT2D eigenvalue weighted by Crippen LogP contribution is 2.29. The second-order valence-corrected chi connectivity index (χ2v) is 8.54. The highest BCUT2D eigenvalue weighted by atomic mass is 35.5. The highest BCUT2D eigenvalue weighted by molar-refractivity contribution is 7.20. The van der Waals surface area contributed by atoms with Crippen molar-refractivity contribution in [2.24, 2.45) is 0 Å². The van der Waals surface area contributed by atoms with Crippen molar-refractivity contribution < 1.29 is 4.79 Å². The van der Waals surface area contributed by atoms with E-state index in [4.69, 9.17) is 11.6 Å². The molecule has 1 amide bonds. The Kier molecular flexibility index (Phi) is 4.80. The van der Waals surface area contributed by atoms with E-state index in [1.807, 2.05) is 41.9 Å². The van der Waals surface area contributed by atoms with E-state index in [9.17, 15) is 9.59 Å². The largest absolute Gasteiger partial charge is 0.280 e. The zero-order valence-electron chi connectivity index (χ0n) is 16.4. The van der Waals surface area contributed by atoms with Crippen LogP contribution in [0.1, 0.15) is 20.9 Å². The van der Waals surface area contributed by atoms with Crippen LogP contribution in [0.2, 0.25) is 5.02 Å². The van der Waals surface area contributed by atoms with Gasteiger partial charge in [0.25, 0.3) is 11.5 Å².